The average Bonchev–Trinajstić information content (AvgIpc) is 2.97. The summed E-state index contributed by atoms with van der Waals surface area (Å²) in [6.45, 7) is 0.783. The quantitative estimate of drug-likeness (QED) is 0.839. The van der Waals surface area contributed by atoms with Crippen LogP contribution < -0.4 is 5.73 Å². The Bertz CT molecular complexity index is 465. The van der Waals surface area contributed by atoms with Crippen molar-refractivity contribution in [1.82, 2.24) is 9.47 Å². The first-order valence-electron chi connectivity index (χ1n) is 6.60. The monoisotopic (exact) mass is 249 g/mol. The minimum absolute atomic E-state index is 0.00940. The predicted octanol–water partition coefficient (Wildman–Crippen LogP) is 1.00. The summed E-state index contributed by atoms with van der Waals surface area (Å²) in [5, 5.41) is 9.30. The molecule has 18 heavy (non-hydrogen) atoms. The maximum atomic E-state index is 12.5. The first-order valence-corrected chi connectivity index (χ1v) is 6.60. The zero-order valence-corrected chi connectivity index (χ0v) is 10.4. The average molecular weight is 249 g/mol. The van der Waals surface area contributed by atoms with Gasteiger partial charge in [-0.3, -0.25) is 4.79 Å². The van der Waals surface area contributed by atoms with E-state index in [1.54, 1.807) is 11.0 Å². The lowest BCUT2D eigenvalue weighted by Crippen LogP contribution is -2.38. The minimum atomic E-state index is -0.0266. The number of aromatic nitrogens is 1. The summed E-state index contributed by atoms with van der Waals surface area (Å²) < 4.78 is 2.00. The standard InChI is InChI=1S/C13H19N3O2/c14-9-6-12(16(7-9)10-3-4-10)13(18)15-5-1-2-11(15)8-17/h6-7,10-11,17H,1-5,8,14H2/t11-/m0/s1. The van der Waals surface area contributed by atoms with Crippen molar-refractivity contribution in [3.63, 3.8) is 0 Å². The second-order valence-electron chi connectivity index (χ2n) is 5.27. The van der Waals surface area contributed by atoms with Gasteiger partial charge in [0.2, 0.25) is 0 Å². The van der Waals surface area contributed by atoms with Crippen LogP contribution in [0.25, 0.3) is 0 Å². The van der Waals surface area contributed by atoms with Crippen LogP contribution in [0.5, 0.6) is 0 Å². The molecule has 2 aliphatic rings. The van der Waals surface area contributed by atoms with Crippen molar-refractivity contribution in [3.8, 4) is 0 Å². The van der Waals surface area contributed by atoms with Gasteiger partial charge in [0, 0.05) is 18.8 Å². The molecule has 2 heterocycles. The molecule has 5 nitrogen and oxygen atoms in total. The van der Waals surface area contributed by atoms with Crippen LogP contribution in [0.15, 0.2) is 12.3 Å². The van der Waals surface area contributed by atoms with Gasteiger partial charge in [-0.1, -0.05) is 0 Å². The smallest absolute Gasteiger partial charge is 0.270 e. The molecule has 2 fully saturated rings. The lowest BCUT2D eigenvalue weighted by Gasteiger charge is -2.23. The van der Waals surface area contributed by atoms with Crippen LogP contribution >= 0.6 is 0 Å². The van der Waals surface area contributed by atoms with Crippen LogP contribution in [0.2, 0.25) is 0 Å². The number of amides is 1. The van der Waals surface area contributed by atoms with Gasteiger partial charge in [0.05, 0.1) is 18.3 Å². The third-order valence-corrected chi connectivity index (χ3v) is 3.88. The number of nitrogens with two attached hydrogens (primary N) is 1. The molecule has 0 spiro atoms. The summed E-state index contributed by atoms with van der Waals surface area (Å²) in [6, 6.07) is 2.17. The van der Waals surface area contributed by atoms with Gasteiger partial charge < -0.3 is 20.3 Å². The zero-order chi connectivity index (χ0) is 12.7. The lowest BCUT2D eigenvalue weighted by atomic mass is 10.2. The molecule has 1 saturated carbocycles. The number of carbonyl (C=O) groups is 1. The van der Waals surface area contributed by atoms with Crippen molar-refractivity contribution < 1.29 is 9.90 Å². The Balaban J connectivity index is 1.87. The Kier molecular flexibility index (Phi) is 2.78. The van der Waals surface area contributed by atoms with Gasteiger partial charge in [0.25, 0.3) is 5.91 Å². The maximum absolute atomic E-state index is 12.5. The summed E-state index contributed by atoms with van der Waals surface area (Å²) in [7, 11) is 0. The normalized spacial score (nSPS) is 23.6. The third kappa shape index (κ3) is 1.88. The summed E-state index contributed by atoms with van der Waals surface area (Å²) in [5.74, 6) is 0.00940. The molecule has 0 bridgehead atoms. The van der Waals surface area contributed by atoms with Gasteiger partial charge in [-0.2, -0.15) is 0 Å². The molecule has 0 unspecified atom stereocenters. The van der Waals surface area contributed by atoms with Gasteiger partial charge in [0.15, 0.2) is 0 Å². The van der Waals surface area contributed by atoms with Crippen LogP contribution in [-0.4, -0.2) is 39.7 Å². The van der Waals surface area contributed by atoms with Gasteiger partial charge in [0.1, 0.15) is 5.69 Å². The van der Waals surface area contributed by atoms with E-state index in [1.165, 1.54) is 0 Å². The number of aliphatic hydroxyl groups is 1. The summed E-state index contributed by atoms with van der Waals surface area (Å²) in [4.78, 5) is 14.3. The van der Waals surface area contributed by atoms with Crippen LogP contribution in [0.4, 0.5) is 5.69 Å². The first-order chi connectivity index (χ1) is 8.70. The van der Waals surface area contributed by atoms with Gasteiger partial charge in [-0.15, -0.1) is 0 Å². The molecule has 98 valence electrons. The highest BCUT2D eigenvalue weighted by Crippen LogP contribution is 2.37. The maximum Gasteiger partial charge on any atom is 0.270 e. The van der Waals surface area contributed by atoms with E-state index in [0.717, 1.165) is 32.2 Å². The molecule has 1 aromatic rings. The molecule has 1 atom stereocenters. The fourth-order valence-electron chi connectivity index (χ4n) is 2.77. The molecular formula is C13H19N3O2. The zero-order valence-electron chi connectivity index (χ0n) is 10.4. The molecule has 1 saturated heterocycles. The van der Waals surface area contributed by atoms with Crippen molar-refractivity contribution in [3.05, 3.63) is 18.0 Å². The molecule has 3 rings (SSSR count). The number of hydrogen-bond acceptors (Lipinski definition) is 3. The molecule has 1 amide bonds. The van der Waals surface area contributed by atoms with Gasteiger partial charge in [-0.25, -0.2) is 0 Å². The molecular weight excluding hydrogens is 230 g/mol. The topological polar surface area (TPSA) is 71.5 Å². The van der Waals surface area contributed by atoms with Crippen LogP contribution in [-0.2, 0) is 0 Å². The van der Waals surface area contributed by atoms with Crippen molar-refractivity contribution >= 4 is 11.6 Å². The van der Waals surface area contributed by atoms with E-state index in [-0.39, 0.29) is 18.6 Å². The second kappa shape index (κ2) is 4.31. The molecule has 1 aliphatic carbocycles. The van der Waals surface area contributed by atoms with E-state index < -0.39 is 0 Å². The minimum Gasteiger partial charge on any atom is -0.397 e. The number of hydrogen-bond donors (Lipinski definition) is 2. The van der Waals surface area contributed by atoms with E-state index in [1.807, 2.05) is 10.8 Å². The van der Waals surface area contributed by atoms with Crippen molar-refractivity contribution in [2.75, 3.05) is 18.9 Å². The first kappa shape index (κ1) is 11.6. The molecule has 1 aliphatic heterocycles. The van der Waals surface area contributed by atoms with E-state index >= 15 is 0 Å². The molecule has 1 aromatic heterocycles. The van der Waals surface area contributed by atoms with Crippen LogP contribution in [0, 0.1) is 0 Å². The number of rotatable bonds is 3. The fraction of sp³-hybridized carbons (Fsp3) is 0.615. The Morgan fingerprint density at radius 1 is 1.44 bits per heavy atom. The molecule has 0 aromatic carbocycles. The Hall–Kier alpha value is -1.49. The highest BCUT2D eigenvalue weighted by molar-refractivity contribution is 5.94. The Labute approximate surface area is 106 Å². The molecule has 5 heteroatoms. The summed E-state index contributed by atoms with van der Waals surface area (Å²) in [5.41, 5.74) is 7.13. The van der Waals surface area contributed by atoms with Crippen molar-refractivity contribution in [2.24, 2.45) is 0 Å². The number of carbonyl (C=O) groups excluding carboxylic acids is 1. The molecule has 0 radical (unpaired) electrons. The van der Waals surface area contributed by atoms with E-state index in [2.05, 4.69) is 0 Å². The van der Waals surface area contributed by atoms with E-state index in [9.17, 15) is 9.90 Å². The number of anilines is 1. The number of nitrogen functional groups attached to an aromatic ring is 1. The third-order valence-electron chi connectivity index (χ3n) is 3.88. The van der Waals surface area contributed by atoms with Crippen LogP contribution in [0.1, 0.15) is 42.2 Å². The summed E-state index contributed by atoms with van der Waals surface area (Å²) in [6.07, 6.45) is 5.96. The number of likely N-dealkylation sites (tertiary alicyclic amines) is 1. The number of nitrogens with zero attached hydrogens (tertiary/aromatic N) is 2. The summed E-state index contributed by atoms with van der Waals surface area (Å²) >= 11 is 0. The highest BCUT2D eigenvalue weighted by Gasteiger charge is 2.33. The van der Waals surface area contributed by atoms with Gasteiger partial charge in [-0.05, 0) is 31.7 Å². The van der Waals surface area contributed by atoms with Crippen molar-refractivity contribution in [1.29, 1.82) is 0 Å². The predicted molar refractivity (Wildman–Crippen MR) is 68.3 cm³/mol. The molecule has 3 N–H and O–H groups in total. The van der Waals surface area contributed by atoms with E-state index in [0.29, 0.717) is 17.4 Å². The van der Waals surface area contributed by atoms with Crippen LogP contribution in [0.3, 0.4) is 0 Å². The Morgan fingerprint density at radius 2 is 2.22 bits per heavy atom. The fourth-order valence-corrected chi connectivity index (χ4v) is 2.77. The van der Waals surface area contributed by atoms with Gasteiger partial charge >= 0.3 is 0 Å². The Morgan fingerprint density at radius 3 is 2.89 bits per heavy atom. The van der Waals surface area contributed by atoms with E-state index in [4.69, 9.17) is 5.73 Å². The number of aliphatic hydroxyl groups excluding tert-OH is 1. The second-order valence-corrected chi connectivity index (χ2v) is 5.27. The highest BCUT2D eigenvalue weighted by atomic mass is 16.3. The largest absolute Gasteiger partial charge is 0.397 e. The SMILES string of the molecule is Nc1cc(C(=O)N2CCC[C@H]2CO)n(C2CC2)c1. The van der Waals surface area contributed by atoms with Crippen molar-refractivity contribution in [2.45, 2.75) is 37.8 Å². The lowest BCUT2D eigenvalue weighted by molar-refractivity contribution is 0.0666.